The molecule has 0 aliphatic heterocycles. The number of ether oxygens (including phenoxy) is 1. The van der Waals surface area contributed by atoms with E-state index in [1.165, 1.54) is 12.1 Å². The molecule has 0 aromatic heterocycles. The lowest BCUT2D eigenvalue weighted by molar-refractivity contribution is 0.102. The summed E-state index contributed by atoms with van der Waals surface area (Å²) >= 11 is 0. The minimum absolute atomic E-state index is 0.142. The van der Waals surface area contributed by atoms with Crippen LogP contribution in [0.5, 0.6) is 5.75 Å². The summed E-state index contributed by atoms with van der Waals surface area (Å²) in [6.45, 7) is 0. The fraction of sp³-hybridized carbons (Fsp3) is 0.136. The predicted molar refractivity (Wildman–Crippen MR) is 110 cm³/mol. The number of amides is 1. The Labute approximate surface area is 173 Å². The maximum absolute atomic E-state index is 12.6. The molecule has 3 aromatic carbocycles. The van der Waals surface area contributed by atoms with Crippen molar-refractivity contribution in [3.8, 4) is 5.75 Å². The molecule has 0 bridgehead atoms. The Hall–Kier alpha value is -3.26. The second-order valence-corrected chi connectivity index (χ2v) is 8.39. The van der Waals surface area contributed by atoms with Crippen molar-refractivity contribution in [2.24, 2.45) is 0 Å². The summed E-state index contributed by atoms with van der Waals surface area (Å²) in [5, 5.41) is 2.72. The quantitative estimate of drug-likeness (QED) is 0.596. The van der Waals surface area contributed by atoms with Gasteiger partial charge in [0.1, 0.15) is 5.75 Å². The average molecular weight is 431 g/mol. The molecule has 30 heavy (non-hydrogen) atoms. The van der Waals surface area contributed by atoms with Gasteiger partial charge in [-0.2, -0.15) is 8.78 Å². The highest BCUT2D eigenvalue weighted by Gasteiger charge is 2.26. The van der Waals surface area contributed by atoms with Crippen molar-refractivity contribution in [3.05, 3.63) is 89.5 Å². The summed E-state index contributed by atoms with van der Waals surface area (Å²) in [7, 11) is -3.13. The Morgan fingerprint density at radius 2 is 1.67 bits per heavy atom. The number of benzene rings is 3. The van der Waals surface area contributed by atoms with Gasteiger partial charge in [-0.1, -0.05) is 30.3 Å². The summed E-state index contributed by atoms with van der Waals surface area (Å²) in [5.41, 5.74) is 2.62. The van der Waals surface area contributed by atoms with Gasteiger partial charge in [-0.25, -0.2) is 8.42 Å². The van der Waals surface area contributed by atoms with Gasteiger partial charge >= 0.3 is 5.76 Å². The van der Waals surface area contributed by atoms with Gasteiger partial charge in [-0.3, -0.25) is 4.79 Å². The number of hydrogen-bond acceptors (Lipinski definition) is 4. The van der Waals surface area contributed by atoms with E-state index in [0.29, 0.717) is 17.9 Å². The molecule has 1 N–H and O–H groups in total. The van der Waals surface area contributed by atoms with Crippen molar-refractivity contribution in [2.45, 2.75) is 17.1 Å². The van der Waals surface area contributed by atoms with Gasteiger partial charge in [-0.05, 0) is 48.0 Å². The fourth-order valence-corrected chi connectivity index (χ4v) is 3.63. The number of hydrogen-bond donors (Lipinski definition) is 1. The van der Waals surface area contributed by atoms with Crippen LogP contribution in [-0.2, 0) is 16.3 Å². The van der Waals surface area contributed by atoms with Crippen molar-refractivity contribution in [2.75, 3.05) is 12.4 Å². The fourth-order valence-electron chi connectivity index (χ4n) is 2.91. The van der Waals surface area contributed by atoms with Crippen LogP contribution in [-0.4, -0.2) is 27.2 Å². The molecule has 0 unspecified atom stereocenters. The number of halogens is 2. The number of anilines is 1. The summed E-state index contributed by atoms with van der Waals surface area (Å²) in [4.78, 5) is 12.0. The second kappa shape index (κ2) is 9.04. The van der Waals surface area contributed by atoms with E-state index < -0.39 is 26.4 Å². The number of alkyl halides is 2. The first-order chi connectivity index (χ1) is 14.3. The van der Waals surface area contributed by atoms with Crippen molar-refractivity contribution < 1.29 is 26.7 Å². The monoisotopic (exact) mass is 431 g/mol. The lowest BCUT2D eigenvalue weighted by Crippen LogP contribution is -2.14. The molecule has 0 radical (unpaired) electrons. The number of nitrogens with one attached hydrogen (secondary N) is 1. The van der Waals surface area contributed by atoms with E-state index in [4.69, 9.17) is 4.74 Å². The highest BCUT2D eigenvalue weighted by Crippen LogP contribution is 2.26. The Morgan fingerprint density at radius 3 is 2.27 bits per heavy atom. The summed E-state index contributed by atoms with van der Waals surface area (Å²) in [6.07, 6.45) is 0.605. The van der Waals surface area contributed by atoms with Crippen LogP contribution in [0.3, 0.4) is 0 Å². The van der Waals surface area contributed by atoms with Crippen molar-refractivity contribution in [3.63, 3.8) is 0 Å². The molecule has 0 fully saturated rings. The molecular weight excluding hydrogens is 412 g/mol. The first-order valence-electron chi connectivity index (χ1n) is 8.95. The SMILES string of the molecule is COc1ccc(NC(=O)c2ccc(S(=O)(=O)C(F)F)cc2)cc1Cc1ccccc1. The van der Waals surface area contributed by atoms with E-state index in [9.17, 15) is 22.0 Å². The van der Waals surface area contributed by atoms with E-state index in [-0.39, 0.29) is 5.56 Å². The number of methoxy groups -OCH3 is 1. The molecule has 0 aliphatic rings. The Morgan fingerprint density at radius 1 is 1.00 bits per heavy atom. The summed E-state index contributed by atoms with van der Waals surface area (Å²) in [6, 6.07) is 19.4. The standard InChI is InChI=1S/C22H19F2NO4S/c1-29-20-12-9-18(14-17(20)13-15-5-3-2-4-6-15)25-21(26)16-7-10-19(11-8-16)30(27,28)22(23)24/h2-12,14,22H,13H2,1H3,(H,25,26). The molecule has 0 aliphatic carbocycles. The topological polar surface area (TPSA) is 72.5 Å². The maximum atomic E-state index is 12.6. The molecule has 0 spiro atoms. The van der Waals surface area contributed by atoms with Crippen LogP contribution in [0.4, 0.5) is 14.5 Å². The molecule has 0 atom stereocenters. The molecular formula is C22H19F2NO4S. The van der Waals surface area contributed by atoms with Crippen molar-refractivity contribution in [1.82, 2.24) is 0 Å². The first-order valence-corrected chi connectivity index (χ1v) is 10.5. The Kier molecular flexibility index (Phi) is 6.47. The van der Waals surface area contributed by atoms with E-state index in [0.717, 1.165) is 23.3 Å². The highest BCUT2D eigenvalue weighted by molar-refractivity contribution is 7.91. The Bertz CT molecular complexity index is 1130. The Balaban J connectivity index is 1.79. The third-order valence-corrected chi connectivity index (χ3v) is 5.85. The number of sulfone groups is 1. The molecule has 156 valence electrons. The zero-order valence-electron chi connectivity index (χ0n) is 16.0. The van der Waals surface area contributed by atoms with Crippen LogP contribution < -0.4 is 10.1 Å². The first kappa shape index (κ1) is 21.4. The van der Waals surface area contributed by atoms with E-state index in [2.05, 4.69) is 5.32 Å². The molecule has 5 nitrogen and oxygen atoms in total. The number of rotatable bonds is 7. The predicted octanol–water partition coefficient (Wildman–Crippen LogP) is 4.53. The zero-order chi connectivity index (χ0) is 21.7. The third kappa shape index (κ3) is 4.83. The largest absolute Gasteiger partial charge is 0.496 e. The minimum Gasteiger partial charge on any atom is -0.496 e. The lowest BCUT2D eigenvalue weighted by Gasteiger charge is -2.12. The van der Waals surface area contributed by atoms with E-state index in [1.54, 1.807) is 25.3 Å². The molecule has 0 saturated carbocycles. The second-order valence-electron chi connectivity index (χ2n) is 6.47. The zero-order valence-corrected chi connectivity index (χ0v) is 16.8. The van der Waals surface area contributed by atoms with Crippen LogP contribution >= 0.6 is 0 Å². The van der Waals surface area contributed by atoms with Crippen molar-refractivity contribution >= 4 is 21.4 Å². The van der Waals surface area contributed by atoms with Gasteiger partial charge in [-0.15, -0.1) is 0 Å². The van der Waals surface area contributed by atoms with E-state index in [1.807, 2.05) is 30.3 Å². The van der Waals surface area contributed by atoms with Gasteiger partial charge in [0.25, 0.3) is 5.91 Å². The lowest BCUT2D eigenvalue weighted by atomic mass is 10.0. The smallest absolute Gasteiger partial charge is 0.341 e. The van der Waals surface area contributed by atoms with Gasteiger partial charge in [0.05, 0.1) is 12.0 Å². The van der Waals surface area contributed by atoms with Gasteiger partial charge in [0.15, 0.2) is 0 Å². The summed E-state index contributed by atoms with van der Waals surface area (Å²) in [5.74, 6) is -3.33. The average Bonchev–Trinajstić information content (AvgIpc) is 2.74. The third-order valence-electron chi connectivity index (χ3n) is 4.46. The van der Waals surface area contributed by atoms with Gasteiger partial charge in [0, 0.05) is 23.2 Å². The molecule has 3 aromatic rings. The molecule has 8 heteroatoms. The van der Waals surface area contributed by atoms with Crippen LogP contribution in [0, 0.1) is 0 Å². The van der Waals surface area contributed by atoms with E-state index >= 15 is 0 Å². The van der Waals surface area contributed by atoms with Crippen LogP contribution in [0.2, 0.25) is 0 Å². The molecule has 0 saturated heterocycles. The highest BCUT2D eigenvalue weighted by atomic mass is 32.2. The molecule has 3 rings (SSSR count). The van der Waals surface area contributed by atoms with Crippen LogP contribution in [0.25, 0.3) is 0 Å². The maximum Gasteiger partial charge on any atom is 0.341 e. The number of carbonyl (C=O) groups excluding carboxylic acids is 1. The van der Waals surface area contributed by atoms with Crippen molar-refractivity contribution in [1.29, 1.82) is 0 Å². The number of carbonyl (C=O) groups is 1. The normalized spacial score (nSPS) is 11.3. The van der Waals surface area contributed by atoms with Gasteiger partial charge < -0.3 is 10.1 Å². The summed E-state index contributed by atoms with van der Waals surface area (Å²) < 4.78 is 53.6. The molecule has 0 heterocycles. The van der Waals surface area contributed by atoms with Crippen LogP contribution in [0.1, 0.15) is 21.5 Å². The van der Waals surface area contributed by atoms with Gasteiger partial charge in [0.2, 0.25) is 9.84 Å². The minimum atomic E-state index is -4.70. The molecule has 1 amide bonds. The van der Waals surface area contributed by atoms with Crippen LogP contribution in [0.15, 0.2) is 77.7 Å².